The van der Waals surface area contributed by atoms with Crippen molar-refractivity contribution in [1.29, 1.82) is 0 Å². The van der Waals surface area contributed by atoms with Gasteiger partial charge < -0.3 is 20.1 Å². The molecule has 3 aliphatic rings. The molecule has 0 bridgehead atoms. The smallest absolute Gasteiger partial charge is 0.241 e. The molecule has 0 saturated heterocycles. The molecule has 39 heavy (non-hydrogen) atoms. The van der Waals surface area contributed by atoms with E-state index in [-0.39, 0.29) is 11.8 Å². The number of amides is 2. The van der Waals surface area contributed by atoms with Crippen molar-refractivity contribution in [2.45, 2.75) is 89.4 Å². The molecule has 2 amide bonds. The summed E-state index contributed by atoms with van der Waals surface area (Å²) in [5.74, 6) is 2.39. The van der Waals surface area contributed by atoms with Crippen molar-refractivity contribution in [2.24, 2.45) is 0 Å². The summed E-state index contributed by atoms with van der Waals surface area (Å²) < 4.78 is 14.8. The number of tetrazole rings is 1. The van der Waals surface area contributed by atoms with Gasteiger partial charge in [0.05, 0.1) is 6.04 Å². The maximum atomic E-state index is 11.8. The summed E-state index contributed by atoms with van der Waals surface area (Å²) >= 11 is 0. The average Bonchev–Trinajstić information content (AvgIpc) is 3.42. The van der Waals surface area contributed by atoms with Gasteiger partial charge in [-0.15, -0.1) is 5.10 Å². The first-order valence-electron chi connectivity index (χ1n) is 14.1. The predicted octanol–water partition coefficient (Wildman–Crippen LogP) is 4.75. The minimum atomic E-state index is -0.531. The number of fused-ring (bicyclic) bond motifs is 2. The third-order valence-electron chi connectivity index (χ3n) is 7.80. The van der Waals surface area contributed by atoms with Crippen LogP contribution in [0.3, 0.4) is 0 Å². The third kappa shape index (κ3) is 6.05. The van der Waals surface area contributed by atoms with Crippen LogP contribution in [0.5, 0.6) is 11.5 Å². The van der Waals surface area contributed by atoms with E-state index in [2.05, 4.69) is 26.2 Å². The molecule has 10 heteroatoms. The Labute approximate surface area is 227 Å². The molecular formula is C29H34N6O4. The quantitative estimate of drug-likeness (QED) is 0.383. The van der Waals surface area contributed by atoms with Crippen LogP contribution < -0.4 is 20.1 Å². The Morgan fingerprint density at radius 3 is 2.08 bits per heavy atom. The Kier molecular flexibility index (Phi) is 7.42. The number of nitrogens with one attached hydrogen (secondary N) is 2. The monoisotopic (exact) mass is 530 g/mol. The Hall–Kier alpha value is -3.95. The first kappa shape index (κ1) is 25.3. The summed E-state index contributed by atoms with van der Waals surface area (Å²) in [7, 11) is 0. The summed E-state index contributed by atoms with van der Waals surface area (Å²) in [5.41, 5.74) is 3.79. The number of anilines is 2. The van der Waals surface area contributed by atoms with Crippen molar-refractivity contribution in [1.82, 2.24) is 20.2 Å². The topological polar surface area (TPSA) is 120 Å². The van der Waals surface area contributed by atoms with Crippen LogP contribution in [-0.4, -0.2) is 38.3 Å². The van der Waals surface area contributed by atoms with Gasteiger partial charge in [0.15, 0.2) is 5.82 Å². The van der Waals surface area contributed by atoms with Gasteiger partial charge in [-0.2, -0.15) is 0 Å². The normalized spacial score (nSPS) is 17.3. The molecule has 1 fully saturated rings. The van der Waals surface area contributed by atoms with E-state index in [1.54, 1.807) is 0 Å². The minimum absolute atomic E-state index is 0.0385. The summed E-state index contributed by atoms with van der Waals surface area (Å²) in [5, 5.41) is 18.4. The van der Waals surface area contributed by atoms with E-state index in [1.807, 2.05) is 41.1 Å². The van der Waals surface area contributed by atoms with Gasteiger partial charge in [-0.3, -0.25) is 9.59 Å². The predicted molar refractivity (Wildman–Crippen MR) is 145 cm³/mol. The van der Waals surface area contributed by atoms with Crippen LogP contribution in [0, 0.1) is 0 Å². The molecule has 1 aromatic heterocycles. The Morgan fingerprint density at radius 1 is 0.846 bits per heavy atom. The largest absolute Gasteiger partial charge is 0.455 e. The highest BCUT2D eigenvalue weighted by Crippen LogP contribution is 2.31. The fraction of sp³-hybridized carbons (Fsp3) is 0.483. The van der Waals surface area contributed by atoms with Crippen molar-refractivity contribution < 1.29 is 19.1 Å². The van der Waals surface area contributed by atoms with Gasteiger partial charge in [0.2, 0.25) is 18.1 Å². The van der Waals surface area contributed by atoms with Crippen molar-refractivity contribution in [3.8, 4) is 11.5 Å². The average molecular weight is 531 g/mol. The molecule has 0 atom stereocenters. The van der Waals surface area contributed by atoms with E-state index >= 15 is 0 Å². The van der Waals surface area contributed by atoms with Gasteiger partial charge in [0.25, 0.3) is 0 Å². The summed E-state index contributed by atoms with van der Waals surface area (Å²) in [4.78, 5) is 23.5. The van der Waals surface area contributed by atoms with Gasteiger partial charge in [-0.1, -0.05) is 19.3 Å². The first-order valence-corrected chi connectivity index (χ1v) is 14.1. The highest BCUT2D eigenvalue weighted by Gasteiger charge is 2.22. The van der Waals surface area contributed by atoms with E-state index in [4.69, 9.17) is 9.47 Å². The lowest BCUT2D eigenvalue weighted by Crippen LogP contribution is -2.25. The number of ether oxygens (including phenoxy) is 2. The molecule has 0 radical (unpaired) electrons. The fourth-order valence-electron chi connectivity index (χ4n) is 5.72. The van der Waals surface area contributed by atoms with Crippen molar-refractivity contribution in [2.75, 3.05) is 10.6 Å². The Balaban J connectivity index is 1.16. The fourth-order valence-corrected chi connectivity index (χ4v) is 5.72. The molecule has 6 rings (SSSR count). The Morgan fingerprint density at radius 2 is 1.46 bits per heavy atom. The number of aryl methyl sites for hydroxylation is 3. The number of rotatable bonds is 9. The zero-order chi connectivity index (χ0) is 26.6. The highest BCUT2D eigenvalue weighted by molar-refractivity contribution is 5.94. The van der Waals surface area contributed by atoms with Crippen LogP contribution in [0.25, 0.3) is 0 Å². The van der Waals surface area contributed by atoms with Crippen molar-refractivity contribution >= 4 is 23.2 Å². The van der Waals surface area contributed by atoms with E-state index in [9.17, 15) is 9.59 Å². The van der Waals surface area contributed by atoms with Gasteiger partial charge in [0.1, 0.15) is 11.5 Å². The molecule has 1 saturated carbocycles. The molecule has 2 aliphatic heterocycles. The van der Waals surface area contributed by atoms with Crippen molar-refractivity contribution in [3.63, 3.8) is 0 Å². The molecule has 0 spiro atoms. The lowest BCUT2D eigenvalue weighted by Gasteiger charge is -2.24. The molecule has 3 aromatic rings. The van der Waals surface area contributed by atoms with E-state index in [1.165, 1.54) is 19.3 Å². The van der Waals surface area contributed by atoms with E-state index < -0.39 is 6.29 Å². The molecule has 0 unspecified atom stereocenters. The Bertz CT molecular complexity index is 1280. The number of nitrogens with zero attached hydrogens (tertiary/aromatic N) is 4. The van der Waals surface area contributed by atoms with Crippen molar-refractivity contribution in [3.05, 3.63) is 53.3 Å². The number of aromatic nitrogens is 4. The molecular weight excluding hydrogens is 496 g/mol. The van der Waals surface area contributed by atoms with Gasteiger partial charge in [0, 0.05) is 37.1 Å². The van der Waals surface area contributed by atoms with Crippen LogP contribution in [-0.2, 0) is 28.9 Å². The molecule has 2 N–H and O–H groups in total. The highest BCUT2D eigenvalue weighted by atomic mass is 16.7. The zero-order valence-electron chi connectivity index (χ0n) is 22.0. The third-order valence-corrected chi connectivity index (χ3v) is 7.80. The second kappa shape index (κ2) is 11.4. The van der Waals surface area contributed by atoms with E-state index in [0.29, 0.717) is 49.6 Å². The molecule has 3 heterocycles. The lowest BCUT2D eigenvalue weighted by molar-refractivity contribution is -0.117. The van der Waals surface area contributed by atoms with Gasteiger partial charge >= 0.3 is 0 Å². The SMILES string of the molecule is O=C1CCc2cc(OC(CCCc3nnnn3C3CCCCC3)Oc3ccc4c(c3)CCC(=O)N4)ccc2N1. The summed E-state index contributed by atoms with van der Waals surface area (Å²) in [6.45, 7) is 0. The van der Waals surface area contributed by atoms with Crippen LogP contribution in [0.1, 0.15) is 80.8 Å². The van der Waals surface area contributed by atoms with Crippen LogP contribution in [0.2, 0.25) is 0 Å². The number of carbonyl (C=O) groups is 2. The molecule has 204 valence electrons. The standard InChI is InChI=1S/C29H34N6O4/c36-27-15-9-19-17-22(11-13-24(19)30-27)38-29(39-23-12-14-25-20(18-23)10-16-28(37)31-25)8-4-7-26-32-33-34-35(26)21-5-2-1-3-6-21/h11-14,17-18,21,29H,1-10,15-16H2,(H,30,36)(H,31,37). The molecule has 1 aliphatic carbocycles. The summed E-state index contributed by atoms with van der Waals surface area (Å²) in [6, 6.07) is 11.9. The minimum Gasteiger partial charge on any atom is -0.455 e. The number of benzene rings is 2. The van der Waals surface area contributed by atoms with Gasteiger partial charge in [-0.05, 0) is 90.1 Å². The second-order valence-electron chi connectivity index (χ2n) is 10.6. The first-order chi connectivity index (χ1) is 19.1. The molecule has 2 aromatic carbocycles. The second-order valence-corrected chi connectivity index (χ2v) is 10.6. The maximum absolute atomic E-state index is 11.8. The van der Waals surface area contributed by atoms with Crippen LogP contribution in [0.15, 0.2) is 36.4 Å². The molecule has 10 nitrogen and oxygen atoms in total. The lowest BCUT2D eigenvalue weighted by atomic mass is 9.95. The van der Waals surface area contributed by atoms with E-state index in [0.717, 1.165) is 54.0 Å². The van der Waals surface area contributed by atoms with Crippen LogP contribution in [0.4, 0.5) is 11.4 Å². The number of hydrogen-bond acceptors (Lipinski definition) is 7. The number of carbonyl (C=O) groups excluding carboxylic acids is 2. The van der Waals surface area contributed by atoms with Gasteiger partial charge in [-0.25, -0.2) is 4.68 Å². The summed E-state index contributed by atoms with van der Waals surface area (Å²) in [6.07, 6.45) is 9.94. The zero-order valence-corrected chi connectivity index (χ0v) is 22.0. The maximum Gasteiger partial charge on any atom is 0.241 e. The number of hydrogen-bond donors (Lipinski definition) is 2. The van der Waals surface area contributed by atoms with Crippen LogP contribution >= 0.6 is 0 Å².